The number of amides is 1. The van der Waals surface area contributed by atoms with E-state index in [4.69, 9.17) is 0 Å². The monoisotopic (exact) mass is 288 g/mol. The molecule has 0 radical (unpaired) electrons. The van der Waals surface area contributed by atoms with Crippen LogP contribution in [0.2, 0.25) is 0 Å². The van der Waals surface area contributed by atoms with Gasteiger partial charge in [0.2, 0.25) is 15.9 Å². The summed E-state index contributed by atoms with van der Waals surface area (Å²) in [7, 11) is -3.18. The lowest BCUT2D eigenvalue weighted by Gasteiger charge is -2.42. The summed E-state index contributed by atoms with van der Waals surface area (Å²) >= 11 is 0. The van der Waals surface area contributed by atoms with Gasteiger partial charge in [-0.1, -0.05) is 19.8 Å². The van der Waals surface area contributed by atoms with Gasteiger partial charge in [-0.3, -0.25) is 4.79 Å². The molecular weight excluding hydrogens is 264 g/mol. The third-order valence-electron chi connectivity index (χ3n) is 4.35. The lowest BCUT2D eigenvalue weighted by atomic mass is 9.65. The molecule has 6 heteroatoms. The molecule has 1 saturated heterocycles. The molecule has 19 heavy (non-hydrogen) atoms. The molecule has 0 spiro atoms. The van der Waals surface area contributed by atoms with Gasteiger partial charge in [0.1, 0.15) is 0 Å². The van der Waals surface area contributed by atoms with Crippen molar-refractivity contribution in [1.29, 1.82) is 0 Å². The molecule has 1 unspecified atom stereocenters. The largest absolute Gasteiger partial charge is 0.341 e. The summed E-state index contributed by atoms with van der Waals surface area (Å²) in [6, 6.07) is -0.113. The summed E-state index contributed by atoms with van der Waals surface area (Å²) in [4.78, 5) is 14.5. The van der Waals surface area contributed by atoms with E-state index in [0.29, 0.717) is 13.1 Å². The van der Waals surface area contributed by atoms with Crippen LogP contribution >= 0.6 is 0 Å². The quantitative estimate of drug-likeness (QED) is 0.824. The average Bonchev–Trinajstić information content (AvgIpc) is 2.68. The van der Waals surface area contributed by atoms with E-state index < -0.39 is 10.0 Å². The van der Waals surface area contributed by atoms with Crippen LogP contribution in [0.5, 0.6) is 0 Å². The van der Waals surface area contributed by atoms with Gasteiger partial charge in [0.05, 0.1) is 6.26 Å². The van der Waals surface area contributed by atoms with Crippen LogP contribution in [-0.4, -0.2) is 44.6 Å². The topological polar surface area (TPSA) is 66.5 Å². The molecule has 2 aliphatic rings. The van der Waals surface area contributed by atoms with Crippen molar-refractivity contribution in [3.05, 3.63) is 0 Å². The number of sulfonamides is 1. The zero-order valence-electron chi connectivity index (χ0n) is 11.8. The predicted molar refractivity (Wildman–Crippen MR) is 74.2 cm³/mol. The minimum Gasteiger partial charge on any atom is -0.341 e. The summed E-state index contributed by atoms with van der Waals surface area (Å²) in [5, 5.41) is 0. The van der Waals surface area contributed by atoms with Gasteiger partial charge in [0.15, 0.2) is 0 Å². The van der Waals surface area contributed by atoms with Gasteiger partial charge in [-0.15, -0.1) is 0 Å². The standard InChI is InChI=1S/C13H24N2O3S/c1-3-6-13(7-4-8-13)12(16)15-9-5-11(10-15)14-19(2,17)18/h11,14H,3-10H2,1-2H3. The molecule has 2 rings (SSSR count). The first-order valence-corrected chi connectivity index (χ1v) is 9.02. The summed E-state index contributed by atoms with van der Waals surface area (Å²) < 4.78 is 25.0. The van der Waals surface area contributed by atoms with Crippen LogP contribution in [0.4, 0.5) is 0 Å². The molecular formula is C13H24N2O3S. The van der Waals surface area contributed by atoms with E-state index in [1.165, 1.54) is 6.26 Å². The fraction of sp³-hybridized carbons (Fsp3) is 0.923. The smallest absolute Gasteiger partial charge is 0.228 e. The van der Waals surface area contributed by atoms with Crippen molar-refractivity contribution in [3.8, 4) is 0 Å². The first-order valence-electron chi connectivity index (χ1n) is 7.13. The normalized spacial score (nSPS) is 26.2. The van der Waals surface area contributed by atoms with Gasteiger partial charge in [-0.25, -0.2) is 13.1 Å². The SMILES string of the molecule is CCCC1(C(=O)N2CCC(NS(C)(=O)=O)C2)CCC1. The van der Waals surface area contributed by atoms with Crippen molar-refractivity contribution < 1.29 is 13.2 Å². The van der Waals surface area contributed by atoms with Crippen molar-refractivity contribution in [3.63, 3.8) is 0 Å². The van der Waals surface area contributed by atoms with E-state index in [1.54, 1.807) is 0 Å². The minimum atomic E-state index is -3.18. The van der Waals surface area contributed by atoms with Crippen molar-refractivity contribution in [2.24, 2.45) is 5.41 Å². The Hall–Kier alpha value is -0.620. The average molecular weight is 288 g/mol. The Morgan fingerprint density at radius 2 is 2.11 bits per heavy atom. The van der Waals surface area contributed by atoms with Crippen LogP contribution in [0.3, 0.4) is 0 Å². The van der Waals surface area contributed by atoms with Crippen molar-refractivity contribution in [2.75, 3.05) is 19.3 Å². The highest BCUT2D eigenvalue weighted by molar-refractivity contribution is 7.88. The second-order valence-electron chi connectivity index (χ2n) is 6.01. The molecule has 1 saturated carbocycles. The van der Waals surface area contributed by atoms with Gasteiger partial charge in [-0.05, 0) is 25.7 Å². The van der Waals surface area contributed by atoms with E-state index >= 15 is 0 Å². The van der Waals surface area contributed by atoms with Gasteiger partial charge in [0, 0.05) is 24.5 Å². The Labute approximate surface area is 115 Å². The Morgan fingerprint density at radius 3 is 2.58 bits per heavy atom. The fourth-order valence-corrected chi connectivity index (χ4v) is 4.13. The summed E-state index contributed by atoms with van der Waals surface area (Å²) in [5.41, 5.74) is -0.130. The zero-order chi connectivity index (χ0) is 14.1. The summed E-state index contributed by atoms with van der Waals surface area (Å²) in [6.45, 7) is 3.32. The fourth-order valence-electron chi connectivity index (χ4n) is 3.33. The molecule has 1 atom stereocenters. The van der Waals surface area contributed by atoms with Gasteiger partial charge in [0.25, 0.3) is 0 Å². The number of hydrogen-bond donors (Lipinski definition) is 1. The molecule has 0 aromatic rings. The summed E-state index contributed by atoms with van der Waals surface area (Å²) in [5.74, 6) is 0.249. The number of rotatable bonds is 5. The van der Waals surface area contributed by atoms with E-state index in [-0.39, 0.29) is 17.4 Å². The molecule has 0 aromatic heterocycles. The Morgan fingerprint density at radius 1 is 1.42 bits per heavy atom. The van der Waals surface area contributed by atoms with E-state index in [2.05, 4.69) is 11.6 Å². The van der Waals surface area contributed by atoms with Crippen molar-refractivity contribution in [2.45, 2.75) is 51.5 Å². The van der Waals surface area contributed by atoms with Gasteiger partial charge in [-0.2, -0.15) is 0 Å². The maximum atomic E-state index is 12.6. The maximum Gasteiger partial charge on any atom is 0.228 e. The molecule has 0 bridgehead atoms. The van der Waals surface area contributed by atoms with Crippen molar-refractivity contribution in [1.82, 2.24) is 9.62 Å². The van der Waals surface area contributed by atoms with Crippen molar-refractivity contribution >= 4 is 15.9 Å². The van der Waals surface area contributed by atoms with E-state index in [1.807, 2.05) is 4.90 Å². The van der Waals surface area contributed by atoms with Crippen LogP contribution in [0, 0.1) is 5.41 Å². The number of hydrogen-bond acceptors (Lipinski definition) is 3. The van der Waals surface area contributed by atoms with Crippen LogP contribution < -0.4 is 4.72 Å². The lowest BCUT2D eigenvalue weighted by Crippen LogP contribution is -2.48. The minimum absolute atomic E-state index is 0.113. The van der Waals surface area contributed by atoms with E-state index in [9.17, 15) is 13.2 Å². The lowest BCUT2D eigenvalue weighted by molar-refractivity contribution is -0.147. The molecule has 5 nitrogen and oxygen atoms in total. The first-order chi connectivity index (χ1) is 8.86. The number of likely N-dealkylation sites (tertiary alicyclic amines) is 1. The van der Waals surface area contributed by atoms with Crippen LogP contribution in [0.25, 0.3) is 0 Å². The highest BCUT2D eigenvalue weighted by Gasteiger charge is 2.46. The predicted octanol–water partition coefficient (Wildman–Crippen LogP) is 1.11. The third kappa shape index (κ3) is 3.28. The third-order valence-corrected chi connectivity index (χ3v) is 5.11. The molecule has 1 aliphatic carbocycles. The second kappa shape index (κ2) is 5.40. The number of carbonyl (C=O) groups is 1. The van der Waals surface area contributed by atoms with Gasteiger partial charge >= 0.3 is 0 Å². The zero-order valence-corrected chi connectivity index (χ0v) is 12.6. The molecule has 0 aromatic carbocycles. The summed E-state index contributed by atoms with van der Waals surface area (Å²) in [6.07, 6.45) is 7.03. The Balaban J connectivity index is 1.95. The number of nitrogens with zero attached hydrogens (tertiary/aromatic N) is 1. The van der Waals surface area contributed by atoms with E-state index in [0.717, 1.165) is 38.5 Å². The number of nitrogens with one attached hydrogen (secondary N) is 1. The molecule has 110 valence electrons. The van der Waals surface area contributed by atoms with Crippen LogP contribution in [0.15, 0.2) is 0 Å². The molecule has 1 amide bonds. The number of carbonyl (C=O) groups excluding carboxylic acids is 1. The molecule has 1 heterocycles. The molecule has 1 N–H and O–H groups in total. The van der Waals surface area contributed by atoms with Crippen LogP contribution in [-0.2, 0) is 14.8 Å². The van der Waals surface area contributed by atoms with Crippen LogP contribution in [0.1, 0.15) is 45.4 Å². The highest BCUT2D eigenvalue weighted by Crippen LogP contribution is 2.46. The molecule has 1 aliphatic heterocycles. The maximum absolute atomic E-state index is 12.6. The second-order valence-corrected chi connectivity index (χ2v) is 7.79. The highest BCUT2D eigenvalue weighted by atomic mass is 32.2. The van der Waals surface area contributed by atoms with Gasteiger partial charge < -0.3 is 4.90 Å². The Kier molecular flexibility index (Phi) is 4.20. The Bertz CT molecular complexity index is 443. The molecule has 2 fully saturated rings. The first kappa shape index (κ1) is 14.8.